The molecule has 1 aliphatic carbocycles. The predicted octanol–water partition coefficient (Wildman–Crippen LogP) is 5.22. The molecule has 0 aliphatic heterocycles. The molecule has 1 aliphatic rings. The Balaban J connectivity index is 1.54. The highest BCUT2D eigenvalue weighted by Gasteiger charge is 2.14. The first-order valence-electron chi connectivity index (χ1n) is 10.8. The Morgan fingerprint density at radius 2 is 1.84 bits per heavy atom. The van der Waals surface area contributed by atoms with E-state index in [4.69, 9.17) is 5.10 Å². The normalized spacial score (nSPS) is 13.7. The highest BCUT2D eigenvalue weighted by Crippen LogP contribution is 2.27. The molecule has 0 radical (unpaired) electrons. The van der Waals surface area contributed by atoms with Crippen LogP contribution < -0.4 is 5.56 Å². The van der Waals surface area contributed by atoms with E-state index in [0.717, 1.165) is 52.1 Å². The lowest BCUT2D eigenvalue weighted by Crippen LogP contribution is -2.19. The van der Waals surface area contributed by atoms with Gasteiger partial charge in [-0.15, -0.1) is 0 Å². The van der Waals surface area contributed by atoms with Gasteiger partial charge >= 0.3 is 0 Å². The molecule has 156 valence electrons. The second-order valence-electron chi connectivity index (χ2n) is 8.21. The molecule has 0 bridgehead atoms. The van der Waals surface area contributed by atoms with Gasteiger partial charge in [0.2, 0.25) is 0 Å². The van der Waals surface area contributed by atoms with Crippen molar-refractivity contribution < 1.29 is 0 Å². The van der Waals surface area contributed by atoms with Crippen molar-refractivity contribution in [2.24, 2.45) is 7.05 Å². The molecule has 2 aromatic carbocycles. The van der Waals surface area contributed by atoms with Crippen LogP contribution in [0.5, 0.6) is 0 Å². The van der Waals surface area contributed by atoms with Gasteiger partial charge in [-0.25, -0.2) is 4.52 Å². The Kier molecular flexibility index (Phi) is 4.21. The number of H-pyrrole nitrogens is 1. The van der Waals surface area contributed by atoms with E-state index < -0.39 is 0 Å². The summed E-state index contributed by atoms with van der Waals surface area (Å²) in [5, 5.41) is 5.53. The molecular weight excluding hydrogens is 396 g/mol. The maximum absolute atomic E-state index is 13.1. The summed E-state index contributed by atoms with van der Waals surface area (Å²) in [6.45, 7) is 0. The van der Waals surface area contributed by atoms with E-state index >= 15 is 0 Å². The molecule has 5 heteroatoms. The fourth-order valence-corrected chi connectivity index (χ4v) is 4.52. The molecule has 0 spiro atoms. The highest BCUT2D eigenvalue weighted by molar-refractivity contribution is 5.88. The zero-order valence-electron chi connectivity index (χ0n) is 17.7. The molecule has 0 unspecified atom stereocenters. The Hall–Kier alpha value is -4.12. The van der Waals surface area contributed by atoms with Crippen molar-refractivity contribution in [1.29, 1.82) is 0 Å². The van der Waals surface area contributed by atoms with Gasteiger partial charge in [0.25, 0.3) is 5.56 Å². The van der Waals surface area contributed by atoms with Crippen LogP contribution in [0.3, 0.4) is 0 Å². The van der Waals surface area contributed by atoms with Crippen LogP contribution >= 0.6 is 0 Å². The average molecular weight is 419 g/mol. The monoisotopic (exact) mass is 418 g/mol. The molecule has 5 nitrogen and oxygen atoms in total. The van der Waals surface area contributed by atoms with Gasteiger partial charge in [0.05, 0.1) is 16.6 Å². The first kappa shape index (κ1) is 18.6. The van der Waals surface area contributed by atoms with E-state index in [0.29, 0.717) is 5.39 Å². The van der Waals surface area contributed by atoms with E-state index in [2.05, 4.69) is 35.3 Å². The van der Waals surface area contributed by atoms with Gasteiger partial charge in [0.15, 0.2) is 0 Å². The van der Waals surface area contributed by atoms with Gasteiger partial charge in [0.1, 0.15) is 5.65 Å². The van der Waals surface area contributed by atoms with Crippen molar-refractivity contribution in [2.75, 3.05) is 0 Å². The molecule has 32 heavy (non-hydrogen) atoms. The minimum atomic E-state index is -0.0169. The predicted molar refractivity (Wildman–Crippen MR) is 129 cm³/mol. The molecule has 1 N–H and O–H groups in total. The Bertz CT molecular complexity index is 1600. The van der Waals surface area contributed by atoms with Crippen LogP contribution in [0.1, 0.15) is 23.2 Å². The number of hydrogen-bond donors (Lipinski definition) is 1. The van der Waals surface area contributed by atoms with Crippen LogP contribution in [-0.2, 0) is 13.5 Å². The Labute approximate surface area is 185 Å². The van der Waals surface area contributed by atoms with Gasteiger partial charge in [-0.3, -0.25) is 9.36 Å². The summed E-state index contributed by atoms with van der Waals surface area (Å²) in [5.74, 6) is 0. The van der Waals surface area contributed by atoms with Crippen LogP contribution in [0.4, 0.5) is 0 Å². The summed E-state index contributed by atoms with van der Waals surface area (Å²) in [6.07, 6.45) is 10.5. The van der Waals surface area contributed by atoms with Crippen molar-refractivity contribution in [2.45, 2.75) is 12.8 Å². The number of aromatic nitrogens is 4. The maximum Gasteiger partial charge on any atom is 0.261 e. The molecule has 3 aromatic heterocycles. The number of aromatic amines is 1. The molecule has 3 heterocycles. The van der Waals surface area contributed by atoms with Gasteiger partial charge < -0.3 is 4.98 Å². The van der Waals surface area contributed by atoms with E-state index in [1.165, 1.54) is 5.56 Å². The zero-order valence-corrected chi connectivity index (χ0v) is 17.7. The molecule has 6 rings (SSSR count). The number of rotatable bonds is 2. The Morgan fingerprint density at radius 3 is 2.72 bits per heavy atom. The van der Waals surface area contributed by atoms with Crippen molar-refractivity contribution in [1.82, 2.24) is 19.2 Å². The number of fused-ring (bicyclic) bond motifs is 4. The molecule has 0 saturated heterocycles. The number of nitrogens with one attached hydrogen (secondary N) is 1. The zero-order chi connectivity index (χ0) is 21.7. The number of hydrogen-bond acceptors (Lipinski definition) is 2. The van der Waals surface area contributed by atoms with E-state index in [9.17, 15) is 4.79 Å². The molecule has 0 saturated carbocycles. The number of allylic oxidation sites excluding steroid dienone is 3. The average Bonchev–Trinajstić information content (AvgIpc) is 3.45. The smallest absolute Gasteiger partial charge is 0.261 e. The number of nitrogens with zero attached hydrogens (tertiary/aromatic N) is 3. The fourth-order valence-electron chi connectivity index (χ4n) is 4.52. The third-order valence-corrected chi connectivity index (χ3v) is 6.27. The lowest BCUT2D eigenvalue weighted by atomic mass is 9.98. The largest absolute Gasteiger partial charge is 0.361 e. The van der Waals surface area contributed by atoms with Crippen LogP contribution in [-0.4, -0.2) is 19.2 Å². The van der Waals surface area contributed by atoms with Crippen LogP contribution in [0.15, 0.2) is 83.8 Å². The molecule has 5 aromatic rings. The van der Waals surface area contributed by atoms with E-state index in [1.54, 1.807) is 11.6 Å². The fraction of sp³-hybridized carbons (Fsp3) is 0.111. The first-order valence-corrected chi connectivity index (χ1v) is 10.8. The second kappa shape index (κ2) is 7.24. The van der Waals surface area contributed by atoms with Gasteiger partial charge in [-0.1, -0.05) is 48.6 Å². The maximum atomic E-state index is 13.1. The molecule has 0 amide bonds. The number of aryl methyl sites for hydroxylation is 2. The van der Waals surface area contributed by atoms with Gasteiger partial charge in [0, 0.05) is 30.6 Å². The summed E-state index contributed by atoms with van der Waals surface area (Å²) >= 11 is 0. The van der Waals surface area contributed by atoms with Crippen molar-refractivity contribution in [3.8, 4) is 11.3 Å². The van der Waals surface area contributed by atoms with Crippen LogP contribution in [0.25, 0.3) is 39.5 Å². The van der Waals surface area contributed by atoms with Gasteiger partial charge in [-0.05, 0) is 53.8 Å². The summed E-state index contributed by atoms with van der Waals surface area (Å²) < 4.78 is 3.56. The van der Waals surface area contributed by atoms with Crippen LogP contribution in [0, 0.1) is 0 Å². The second-order valence-corrected chi connectivity index (χ2v) is 8.21. The lowest BCUT2D eigenvalue weighted by Gasteiger charge is -2.10. The first-order chi connectivity index (χ1) is 15.7. The summed E-state index contributed by atoms with van der Waals surface area (Å²) in [6, 6.07) is 20.2. The topological polar surface area (TPSA) is 55.1 Å². The molecular formula is C27H22N4O. The minimum absolute atomic E-state index is 0.0169. The highest BCUT2D eigenvalue weighted by atomic mass is 16.1. The summed E-state index contributed by atoms with van der Waals surface area (Å²) in [5.41, 5.74) is 8.18. The SMILES string of the molecule is Cn1c(=O)c2ccc(C3=CCCc4cc[nH]c4C=C3)cc2n2nc(-c3ccccc3)cc12. The van der Waals surface area contributed by atoms with E-state index in [1.807, 2.05) is 59.2 Å². The van der Waals surface area contributed by atoms with Crippen molar-refractivity contribution in [3.05, 3.63) is 106 Å². The molecule has 0 atom stereocenters. The quantitative estimate of drug-likeness (QED) is 0.427. The standard InChI is InChI=1S/C27H22N4O/c1-30-26-17-24(19-6-3-2-4-7-19)29-31(26)25-16-21(10-12-22(25)27(30)32)18-8-5-9-20-14-15-28-23(20)13-11-18/h2-4,6-8,10-17,28H,5,9H2,1H3. The summed E-state index contributed by atoms with van der Waals surface area (Å²) in [4.78, 5) is 16.4. The third-order valence-electron chi connectivity index (χ3n) is 6.27. The lowest BCUT2D eigenvalue weighted by molar-refractivity contribution is 0.850. The van der Waals surface area contributed by atoms with E-state index in [-0.39, 0.29) is 5.56 Å². The Morgan fingerprint density at radius 1 is 0.969 bits per heavy atom. The van der Waals surface area contributed by atoms with Crippen LogP contribution in [0.2, 0.25) is 0 Å². The minimum Gasteiger partial charge on any atom is -0.361 e. The van der Waals surface area contributed by atoms with Crippen molar-refractivity contribution in [3.63, 3.8) is 0 Å². The van der Waals surface area contributed by atoms with Crippen molar-refractivity contribution >= 4 is 28.2 Å². The third kappa shape index (κ3) is 2.94. The van der Waals surface area contributed by atoms with Gasteiger partial charge in [-0.2, -0.15) is 5.10 Å². The molecule has 0 fully saturated rings. The number of benzene rings is 2. The summed E-state index contributed by atoms with van der Waals surface area (Å²) in [7, 11) is 1.80.